The fourth-order valence-electron chi connectivity index (χ4n) is 4.05. The Morgan fingerprint density at radius 1 is 1.29 bits per heavy atom. The van der Waals surface area contributed by atoms with Crippen LogP contribution in [0.3, 0.4) is 0 Å². The van der Waals surface area contributed by atoms with Crippen molar-refractivity contribution in [2.45, 2.75) is 18.4 Å². The molecule has 0 bridgehead atoms. The lowest BCUT2D eigenvalue weighted by molar-refractivity contribution is -0.146. The van der Waals surface area contributed by atoms with Gasteiger partial charge in [-0.2, -0.15) is 0 Å². The van der Waals surface area contributed by atoms with Gasteiger partial charge in [-0.3, -0.25) is 14.4 Å². The maximum atomic E-state index is 12.2. The fraction of sp³-hybridized carbons (Fsp3) is 0.438. The van der Waals surface area contributed by atoms with E-state index in [1.54, 1.807) is 24.3 Å². The fourth-order valence-corrected chi connectivity index (χ4v) is 4.23. The summed E-state index contributed by atoms with van der Waals surface area (Å²) in [5.41, 5.74) is 4.82. The molecule has 1 aromatic carbocycles. The lowest BCUT2D eigenvalue weighted by atomic mass is 9.86. The Balaban J connectivity index is 1.71. The molecule has 2 fully saturated rings. The molecule has 128 valence electrons. The van der Waals surface area contributed by atoms with Gasteiger partial charge < -0.3 is 21.3 Å². The predicted molar refractivity (Wildman–Crippen MR) is 85.5 cm³/mol. The number of hydrogen-bond acceptors (Lipinski definition) is 4. The van der Waals surface area contributed by atoms with E-state index in [4.69, 9.17) is 17.3 Å². The van der Waals surface area contributed by atoms with E-state index in [-0.39, 0.29) is 30.6 Å². The molecule has 0 aliphatic heterocycles. The van der Waals surface area contributed by atoms with E-state index in [9.17, 15) is 24.6 Å². The number of anilines is 1. The molecule has 5 atom stereocenters. The number of hydrogen-bond donors (Lipinski definition) is 4. The van der Waals surface area contributed by atoms with Crippen LogP contribution in [0, 0.1) is 23.7 Å². The van der Waals surface area contributed by atoms with Gasteiger partial charge >= 0.3 is 11.9 Å². The first-order chi connectivity index (χ1) is 11.3. The van der Waals surface area contributed by atoms with Crippen LogP contribution in [-0.2, 0) is 14.4 Å². The van der Waals surface area contributed by atoms with Gasteiger partial charge in [0, 0.05) is 12.3 Å². The van der Waals surface area contributed by atoms with E-state index in [1.807, 2.05) is 0 Å². The van der Waals surface area contributed by atoms with Gasteiger partial charge in [-0.05, 0) is 30.4 Å². The molecule has 2 aliphatic rings. The smallest absolute Gasteiger partial charge is 0.324 e. The highest BCUT2D eigenvalue weighted by Gasteiger charge is 2.73. The van der Waals surface area contributed by atoms with Gasteiger partial charge in [-0.15, -0.1) is 0 Å². The average molecular weight is 353 g/mol. The summed E-state index contributed by atoms with van der Waals surface area (Å²) in [5.74, 6) is -4.77. The first-order valence-corrected chi connectivity index (χ1v) is 7.93. The van der Waals surface area contributed by atoms with Crippen LogP contribution >= 0.6 is 11.6 Å². The van der Waals surface area contributed by atoms with E-state index in [0.29, 0.717) is 10.7 Å². The number of fused-ring (bicyclic) bond motifs is 1. The molecular formula is C16H17ClN2O5. The summed E-state index contributed by atoms with van der Waals surface area (Å²) >= 11 is 5.98. The van der Waals surface area contributed by atoms with Gasteiger partial charge in [-0.25, -0.2) is 0 Å². The quantitative estimate of drug-likeness (QED) is 0.634. The molecule has 0 spiro atoms. The molecular weight excluding hydrogens is 336 g/mol. The molecule has 1 amide bonds. The number of amides is 1. The van der Waals surface area contributed by atoms with Crippen molar-refractivity contribution in [1.29, 1.82) is 0 Å². The lowest BCUT2D eigenvalue weighted by Crippen LogP contribution is -2.50. The number of carboxylic acids is 2. The van der Waals surface area contributed by atoms with Gasteiger partial charge in [0.15, 0.2) is 0 Å². The van der Waals surface area contributed by atoms with E-state index < -0.39 is 29.3 Å². The van der Waals surface area contributed by atoms with E-state index in [2.05, 4.69) is 5.32 Å². The summed E-state index contributed by atoms with van der Waals surface area (Å²) in [7, 11) is 0. The summed E-state index contributed by atoms with van der Waals surface area (Å²) in [6, 6.07) is 6.75. The highest BCUT2D eigenvalue weighted by Crippen LogP contribution is 2.65. The van der Waals surface area contributed by atoms with Crippen LogP contribution in [0.2, 0.25) is 5.02 Å². The Bertz CT molecular complexity index is 724. The highest BCUT2D eigenvalue weighted by atomic mass is 35.5. The van der Waals surface area contributed by atoms with Gasteiger partial charge in [0.1, 0.15) is 5.54 Å². The molecule has 5 N–H and O–H groups in total. The standard InChI is InChI=1S/C16H17ClN2O5/c17-8-3-1-2-4-9(8)19-10(20)5-7-6-16(18,15(23)24)13-11(7)12(13)14(21)22/h1-4,7,11-13H,5-6,18H2,(H,19,20)(H,21,22)(H,23,24)/t7-,11?,12-,13?,16-/m0/s1. The molecule has 0 heterocycles. The second-order valence-electron chi connectivity index (χ2n) is 6.51. The van der Waals surface area contributed by atoms with Gasteiger partial charge in [0.2, 0.25) is 5.91 Å². The number of carbonyl (C=O) groups is 3. The van der Waals surface area contributed by atoms with Crippen molar-refractivity contribution in [1.82, 2.24) is 0 Å². The Labute approximate surface area is 142 Å². The largest absolute Gasteiger partial charge is 0.481 e. The second kappa shape index (κ2) is 5.75. The molecule has 0 radical (unpaired) electrons. The van der Waals surface area contributed by atoms with Gasteiger partial charge in [0.25, 0.3) is 0 Å². The summed E-state index contributed by atoms with van der Waals surface area (Å²) in [5, 5.41) is 21.6. The third kappa shape index (κ3) is 2.63. The van der Waals surface area contributed by atoms with E-state index >= 15 is 0 Å². The molecule has 2 aliphatic carbocycles. The zero-order valence-electron chi connectivity index (χ0n) is 12.6. The SMILES string of the molecule is N[C@@]1(C(=O)O)C[C@H](CC(=O)Nc2ccccc2Cl)C2C1[C@H]2C(=O)O. The molecule has 0 saturated heterocycles. The zero-order valence-corrected chi connectivity index (χ0v) is 13.4. The number of para-hydroxylation sites is 1. The Morgan fingerprint density at radius 2 is 1.96 bits per heavy atom. The summed E-state index contributed by atoms with van der Waals surface area (Å²) < 4.78 is 0. The van der Waals surface area contributed by atoms with Crippen molar-refractivity contribution in [2.24, 2.45) is 29.4 Å². The van der Waals surface area contributed by atoms with Crippen molar-refractivity contribution in [2.75, 3.05) is 5.32 Å². The van der Waals surface area contributed by atoms with Crippen molar-refractivity contribution in [3.8, 4) is 0 Å². The highest BCUT2D eigenvalue weighted by molar-refractivity contribution is 6.33. The second-order valence-corrected chi connectivity index (χ2v) is 6.92. The van der Waals surface area contributed by atoms with Crippen LogP contribution in [0.1, 0.15) is 12.8 Å². The van der Waals surface area contributed by atoms with Crippen LogP contribution in [0.4, 0.5) is 5.69 Å². The minimum atomic E-state index is -1.58. The molecule has 2 saturated carbocycles. The first-order valence-electron chi connectivity index (χ1n) is 7.55. The van der Waals surface area contributed by atoms with Crippen LogP contribution in [0.15, 0.2) is 24.3 Å². The number of rotatable bonds is 5. The Morgan fingerprint density at radius 3 is 2.54 bits per heavy atom. The topological polar surface area (TPSA) is 130 Å². The van der Waals surface area contributed by atoms with Crippen LogP contribution in [0.5, 0.6) is 0 Å². The normalized spacial score (nSPS) is 33.6. The molecule has 0 aromatic heterocycles. The monoisotopic (exact) mass is 352 g/mol. The Hall–Kier alpha value is -2.12. The molecule has 7 nitrogen and oxygen atoms in total. The van der Waals surface area contributed by atoms with Gasteiger partial charge in [0.05, 0.1) is 16.6 Å². The number of aliphatic carboxylic acids is 2. The average Bonchev–Trinajstić information content (AvgIpc) is 3.18. The van der Waals surface area contributed by atoms with Crippen LogP contribution < -0.4 is 11.1 Å². The summed E-state index contributed by atoms with van der Waals surface area (Å²) in [6.45, 7) is 0. The minimum absolute atomic E-state index is 0.0163. The summed E-state index contributed by atoms with van der Waals surface area (Å²) in [6.07, 6.45) is 0.111. The Kier molecular flexibility index (Phi) is 4.01. The number of nitrogens with two attached hydrogens (primary N) is 1. The number of carbonyl (C=O) groups excluding carboxylic acids is 1. The van der Waals surface area contributed by atoms with Crippen LogP contribution in [0.25, 0.3) is 0 Å². The number of nitrogens with one attached hydrogen (secondary N) is 1. The summed E-state index contributed by atoms with van der Waals surface area (Å²) in [4.78, 5) is 35.0. The first kappa shape index (κ1) is 16.7. The van der Waals surface area contributed by atoms with Crippen molar-refractivity contribution >= 4 is 35.1 Å². The van der Waals surface area contributed by atoms with E-state index in [0.717, 1.165) is 0 Å². The number of carboxylic acid groups (broad SMARTS) is 2. The molecule has 2 unspecified atom stereocenters. The number of halogens is 1. The third-order valence-corrected chi connectivity index (χ3v) is 5.42. The van der Waals surface area contributed by atoms with Crippen molar-refractivity contribution in [3.63, 3.8) is 0 Å². The third-order valence-electron chi connectivity index (χ3n) is 5.09. The van der Waals surface area contributed by atoms with Gasteiger partial charge in [-0.1, -0.05) is 23.7 Å². The molecule has 24 heavy (non-hydrogen) atoms. The molecule has 3 rings (SSSR count). The molecule has 1 aromatic rings. The van der Waals surface area contributed by atoms with E-state index in [1.165, 1.54) is 0 Å². The lowest BCUT2D eigenvalue weighted by Gasteiger charge is -2.24. The maximum absolute atomic E-state index is 12.2. The molecule has 8 heteroatoms. The zero-order chi connectivity index (χ0) is 17.6. The minimum Gasteiger partial charge on any atom is -0.481 e. The van der Waals surface area contributed by atoms with Crippen molar-refractivity contribution in [3.05, 3.63) is 29.3 Å². The number of benzene rings is 1. The maximum Gasteiger partial charge on any atom is 0.324 e. The van der Waals surface area contributed by atoms with Crippen molar-refractivity contribution < 1.29 is 24.6 Å². The van der Waals surface area contributed by atoms with Crippen LogP contribution in [-0.4, -0.2) is 33.6 Å². The predicted octanol–water partition coefficient (Wildman–Crippen LogP) is 1.42.